The highest BCUT2D eigenvalue weighted by Crippen LogP contribution is 2.12. The molecule has 1 aromatic heterocycles. The average Bonchev–Trinajstić information content (AvgIpc) is 3.18. The van der Waals surface area contributed by atoms with Gasteiger partial charge in [0.1, 0.15) is 18.9 Å². The van der Waals surface area contributed by atoms with Crippen LogP contribution in [0.2, 0.25) is 0 Å². The van der Waals surface area contributed by atoms with Gasteiger partial charge in [0, 0.05) is 12.6 Å². The minimum absolute atomic E-state index is 0. The highest BCUT2D eigenvalue weighted by Gasteiger charge is 2.19. The molecule has 1 aromatic carbocycles. The van der Waals surface area contributed by atoms with Crippen molar-refractivity contribution < 1.29 is 30.0 Å². The number of hydrogen-bond acceptors (Lipinski definition) is 3. The zero-order valence-corrected chi connectivity index (χ0v) is 16.1. The minimum atomic E-state index is -3.43. The Balaban J connectivity index is 0.00000208. The van der Waals surface area contributed by atoms with E-state index in [1.54, 1.807) is 12.1 Å². The average molecular weight is 415 g/mol. The normalized spacial score (nSPS) is 17.6. The number of imidazole rings is 1. The zero-order chi connectivity index (χ0) is 16.3. The minimum Gasteiger partial charge on any atom is -1.00 e. The van der Waals surface area contributed by atoms with Gasteiger partial charge in [-0.25, -0.2) is 22.3 Å². The van der Waals surface area contributed by atoms with Crippen molar-refractivity contribution in [2.45, 2.75) is 30.3 Å². The van der Waals surface area contributed by atoms with Gasteiger partial charge >= 0.3 is 0 Å². The van der Waals surface area contributed by atoms with Crippen LogP contribution in [-0.2, 0) is 23.6 Å². The summed E-state index contributed by atoms with van der Waals surface area (Å²) >= 11 is 0. The third-order valence-electron chi connectivity index (χ3n) is 4.10. The van der Waals surface area contributed by atoms with E-state index in [1.165, 1.54) is 0 Å². The first-order chi connectivity index (χ1) is 11.0. The lowest BCUT2D eigenvalue weighted by atomic mass is 10.2. The van der Waals surface area contributed by atoms with Crippen molar-refractivity contribution in [3.8, 4) is 0 Å². The van der Waals surface area contributed by atoms with Gasteiger partial charge in [-0.15, -0.1) is 0 Å². The van der Waals surface area contributed by atoms with Gasteiger partial charge in [-0.05, 0) is 37.1 Å². The van der Waals surface area contributed by atoms with Gasteiger partial charge in [0.05, 0.1) is 11.9 Å². The monoisotopic (exact) mass is 414 g/mol. The van der Waals surface area contributed by atoms with Crippen molar-refractivity contribution in [3.05, 3.63) is 48.5 Å². The molecule has 0 amide bonds. The Kier molecular flexibility index (Phi) is 6.56. The van der Waals surface area contributed by atoms with Crippen LogP contribution in [0.3, 0.4) is 0 Å². The first-order valence-electron chi connectivity index (χ1n) is 7.86. The van der Waals surface area contributed by atoms with E-state index in [0.717, 1.165) is 31.5 Å². The molecular formula is C16H23BrN4O2S. The molecule has 2 heterocycles. The molecule has 6 nitrogen and oxygen atoms in total. The quantitative estimate of drug-likeness (QED) is 0.509. The van der Waals surface area contributed by atoms with E-state index in [2.05, 4.69) is 10.0 Å². The number of benzene rings is 1. The molecule has 0 saturated carbocycles. The summed E-state index contributed by atoms with van der Waals surface area (Å²) < 4.78 is 31.3. The predicted molar refractivity (Wildman–Crippen MR) is 87.4 cm³/mol. The maximum Gasteiger partial charge on any atom is 0.243 e. The third kappa shape index (κ3) is 4.89. The summed E-state index contributed by atoms with van der Waals surface area (Å²) in [6, 6.07) is 7.32. The molecule has 0 aliphatic carbocycles. The van der Waals surface area contributed by atoms with Crippen LogP contribution in [0, 0.1) is 0 Å². The molecule has 1 fully saturated rings. The molecule has 24 heavy (non-hydrogen) atoms. The Morgan fingerprint density at radius 2 is 2.08 bits per heavy atom. The molecule has 2 aromatic rings. The number of rotatable bonds is 6. The van der Waals surface area contributed by atoms with Crippen LogP contribution in [0.1, 0.15) is 18.4 Å². The first kappa shape index (κ1) is 19.1. The molecule has 3 rings (SSSR count). The number of sulfonamides is 1. The predicted octanol–water partition coefficient (Wildman–Crippen LogP) is -2.60. The lowest BCUT2D eigenvalue weighted by molar-refractivity contribution is -0.671. The van der Waals surface area contributed by atoms with E-state index in [-0.39, 0.29) is 23.0 Å². The SMILES string of the molecule is C[n+]1ccn(Cc2ccc(S(=O)(=O)NC[C@@H]3CCCN3)cc2)c1.[Br-]. The van der Waals surface area contributed by atoms with Crippen LogP contribution in [0.15, 0.2) is 47.9 Å². The van der Waals surface area contributed by atoms with Gasteiger partial charge in [0.25, 0.3) is 0 Å². The molecule has 1 atom stereocenters. The second kappa shape index (κ2) is 8.24. The number of nitrogens with one attached hydrogen (secondary N) is 2. The molecule has 1 saturated heterocycles. The van der Waals surface area contributed by atoms with E-state index in [4.69, 9.17) is 0 Å². The summed E-state index contributed by atoms with van der Waals surface area (Å²) in [6.45, 7) is 2.14. The van der Waals surface area contributed by atoms with Crippen LogP contribution < -0.4 is 31.6 Å². The third-order valence-corrected chi connectivity index (χ3v) is 5.54. The van der Waals surface area contributed by atoms with E-state index in [1.807, 2.05) is 47.0 Å². The Bertz CT molecular complexity index is 753. The van der Waals surface area contributed by atoms with Crippen LogP contribution >= 0.6 is 0 Å². The summed E-state index contributed by atoms with van der Waals surface area (Å²) in [7, 11) is -1.46. The number of aryl methyl sites for hydroxylation is 1. The standard InChI is InChI=1S/C16H23N4O2S.BrH/c1-19-9-10-20(13-19)12-14-4-6-16(7-5-14)23(21,22)18-11-15-3-2-8-17-15;/h4-7,9-10,13,15,17-18H,2-3,8,11-12H2,1H3;1H/q+1;/p-1/t15-;/m0./s1. The van der Waals surface area contributed by atoms with Crippen molar-refractivity contribution in [3.63, 3.8) is 0 Å². The van der Waals surface area contributed by atoms with Gasteiger partial charge in [-0.3, -0.25) is 0 Å². The Labute approximate surface area is 153 Å². The Morgan fingerprint density at radius 3 is 2.67 bits per heavy atom. The van der Waals surface area contributed by atoms with Gasteiger partial charge in [0.15, 0.2) is 0 Å². The number of halogens is 1. The van der Waals surface area contributed by atoms with Gasteiger partial charge in [-0.1, -0.05) is 12.1 Å². The van der Waals surface area contributed by atoms with Crippen molar-refractivity contribution in [1.29, 1.82) is 0 Å². The van der Waals surface area contributed by atoms with Gasteiger partial charge < -0.3 is 22.3 Å². The zero-order valence-electron chi connectivity index (χ0n) is 13.7. The second-order valence-electron chi connectivity index (χ2n) is 6.04. The van der Waals surface area contributed by atoms with E-state index in [0.29, 0.717) is 11.4 Å². The fraction of sp³-hybridized carbons (Fsp3) is 0.438. The molecule has 0 unspecified atom stereocenters. The highest BCUT2D eigenvalue weighted by molar-refractivity contribution is 7.89. The molecule has 2 N–H and O–H groups in total. The molecule has 1 aliphatic rings. The summed E-state index contributed by atoms with van der Waals surface area (Å²) in [6.07, 6.45) is 8.08. The molecular weight excluding hydrogens is 392 g/mol. The fourth-order valence-electron chi connectivity index (χ4n) is 2.80. The van der Waals surface area contributed by atoms with Gasteiger partial charge in [-0.2, -0.15) is 0 Å². The van der Waals surface area contributed by atoms with Crippen molar-refractivity contribution >= 4 is 10.0 Å². The van der Waals surface area contributed by atoms with Crippen molar-refractivity contribution in [2.24, 2.45) is 7.05 Å². The van der Waals surface area contributed by atoms with Crippen LogP contribution in [0.5, 0.6) is 0 Å². The van der Waals surface area contributed by atoms with E-state index >= 15 is 0 Å². The maximum atomic E-state index is 12.3. The molecule has 0 spiro atoms. The molecule has 132 valence electrons. The number of nitrogens with zero attached hydrogens (tertiary/aromatic N) is 2. The first-order valence-corrected chi connectivity index (χ1v) is 9.34. The Morgan fingerprint density at radius 1 is 1.33 bits per heavy atom. The molecule has 8 heteroatoms. The van der Waals surface area contributed by atoms with Crippen molar-refractivity contribution in [1.82, 2.24) is 14.6 Å². The summed E-state index contributed by atoms with van der Waals surface area (Å²) in [5, 5.41) is 3.29. The Hall–Kier alpha value is -1.22. The van der Waals surface area contributed by atoms with Gasteiger partial charge in [0.2, 0.25) is 16.4 Å². The lowest BCUT2D eigenvalue weighted by Gasteiger charge is -2.12. The largest absolute Gasteiger partial charge is 1.00 e. The second-order valence-corrected chi connectivity index (χ2v) is 7.81. The van der Waals surface area contributed by atoms with E-state index in [9.17, 15) is 8.42 Å². The molecule has 1 aliphatic heterocycles. The summed E-state index contributed by atoms with van der Waals surface area (Å²) in [5.41, 5.74) is 1.07. The number of hydrogen-bond donors (Lipinski definition) is 2. The molecule has 0 radical (unpaired) electrons. The topological polar surface area (TPSA) is 67.0 Å². The lowest BCUT2D eigenvalue weighted by Crippen LogP contribution is -3.00. The van der Waals surface area contributed by atoms with Crippen LogP contribution in [-0.4, -0.2) is 32.1 Å². The smallest absolute Gasteiger partial charge is 0.243 e. The fourth-order valence-corrected chi connectivity index (χ4v) is 3.89. The maximum absolute atomic E-state index is 12.3. The summed E-state index contributed by atoms with van der Waals surface area (Å²) in [4.78, 5) is 0.317. The molecule has 0 bridgehead atoms. The van der Waals surface area contributed by atoms with E-state index < -0.39 is 10.0 Å². The van der Waals surface area contributed by atoms with Crippen molar-refractivity contribution in [2.75, 3.05) is 13.1 Å². The number of aromatic nitrogens is 2. The van der Waals surface area contributed by atoms with Crippen LogP contribution in [0.25, 0.3) is 0 Å². The summed E-state index contributed by atoms with van der Waals surface area (Å²) in [5.74, 6) is 0. The highest BCUT2D eigenvalue weighted by atomic mass is 79.9. The van der Waals surface area contributed by atoms with Crippen LogP contribution in [0.4, 0.5) is 0 Å².